The Morgan fingerprint density at radius 1 is 0.944 bits per heavy atom. The summed E-state index contributed by atoms with van der Waals surface area (Å²) in [6.45, 7) is 3.93. The first kappa shape index (κ1) is 23.5. The van der Waals surface area contributed by atoms with Gasteiger partial charge in [0.25, 0.3) is 5.91 Å². The third-order valence-electron chi connectivity index (χ3n) is 6.27. The van der Waals surface area contributed by atoms with Gasteiger partial charge in [-0.15, -0.1) is 0 Å². The zero-order valence-electron chi connectivity index (χ0n) is 20.2. The predicted molar refractivity (Wildman–Crippen MR) is 138 cm³/mol. The van der Waals surface area contributed by atoms with E-state index in [1.807, 2.05) is 73.1 Å². The van der Waals surface area contributed by atoms with Crippen molar-refractivity contribution in [3.05, 3.63) is 102 Å². The van der Waals surface area contributed by atoms with Crippen LogP contribution in [0.3, 0.4) is 0 Å². The zero-order chi connectivity index (χ0) is 25.2. The maximum Gasteiger partial charge on any atom is 0.254 e. The SMILES string of the molecule is Cc1ccc(-c2cn(-c3ccc(C)cc3)c(NC(=O)CN(C(=O)c3ccc(F)cc3)C3CC3)n2)cc1. The van der Waals surface area contributed by atoms with Crippen molar-refractivity contribution >= 4 is 17.8 Å². The number of carbonyl (C=O) groups is 2. The van der Waals surface area contributed by atoms with Gasteiger partial charge in [0.2, 0.25) is 11.9 Å². The second kappa shape index (κ2) is 9.77. The number of benzene rings is 3. The highest BCUT2D eigenvalue weighted by molar-refractivity contribution is 5.99. The molecule has 0 aliphatic heterocycles. The summed E-state index contributed by atoms with van der Waals surface area (Å²) in [6.07, 6.45) is 3.58. The fraction of sp³-hybridized carbons (Fsp3) is 0.207. The van der Waals surface area contributed by atoms with Gasteiger partial charge in [-0.05, 0) is 63.1 Å². The Kier molecular flexibility index (Phi) is 6.38. The molecule has 1 saturated carbocycles. The average molecular weight is 483 g/mol. The second-order valence-corrected chi connectivity index (χ2v) is 9.24. The number of carbonyl (C=O) groups excluding carboxylic acids is 2. The van der Waals surface area contributed by atoms with Crippen molar-refractivity contribution in [1.29, 1.82) is 0 Å². The van der Waals surface area contributed by atoms with E-state index in [-0.39, 0.29) is 24.4 Å². The van der Waals surface area contributed by atoms with E-state index in [1.165, 1.54) is 24.3 Å². The molecule has 1 aliphatic rings. The van der Waals surface area contributed by atoms with Crippen molar-refractivity contribution in [2.24, 2.45) is 0 Å². The van der Waals surface area contributed by atoms with Crippen molar-refractivity contribution in [1.82, 2.24) is 14.5 Å². The van der Waals surface area contributed by atoms with Crippen molar-refractivity contribution < 1.29 is 14.0 Å². The van der Waals surface area contributed by atoms with Crippen LogP contribution in [0.5, 0.6) is 0 Å². The van der Waals surface area contributed by atoms with Gasteiger partial charge in [0.15, 0.2) is 0 Å². The molecule has 4 aromatic rings. The molecular weight excluding hydrogens is 455 g/mol. The standard InChI is InChI=1S/C29H27FN4O2/c1-19-3-7-21(8-4-19)26-17-34(25-13-5-20(2)6-14-25)29(31-26)32-27(35)18-33(24-15-16-24)28(36)22-9-11-23(30)12-10-22/h3-14,17,24H,15-16,18H2,1-2H3,(H,31,32,35). The summed E-state index contributed by atoms with van der Waals surface area (Å²) in [7, 11) is 0. The van der Waals surface area contributed by atoms with Crippen molar-refractivity contribution in [3.63, 3.8) is 0 Å². The smallest absolute Gasteiger partial charge is 0.254 e. The fourth-order valence-electron chi connectivity index (χ4n) is 4.06. The maximum atomic E-state index is 13.3. The molecule has 5 rings (SSSR count). The normalized spacial score (nSPS) is 12.9. The van der Waals surface area contributed by atoms with Crippen LogP contribution in [-0.2, 0) is 4.79 Å². The van der Waals surface area contributed by atoms with Crippen LogP contribution >= 0.6 is 0 Å². The molecule has 1 N–H and O–H groups in total. The molecule has 2 amide bonds. The van der Waals surface area contributed by atoms with Gasteiger partial charge in [-0.2, -0.15) is 0 Å². The minimum atomic E-state index is -0.408. The molecule has 0 atom stereocenters. The molecule has 1 heterocycles. The van der Waals surface area contributed by atoms with Crippen LogP contribution in [0.4, 0.5) is 10.3 Å². The number of hydrogen-bond acceptors (Lipinski definition) is 3. The van der Waals surface area contributed by atoms with Gasteiger partial charge in [0, 0.05) is 29.1 Å². The van der Waals surface area contributed by atoms with Crippen molar-refractivity contribution in [3.8, 4) is 16.9 Å². The number of nitrogens with one attached hydrogen (secondary N) is 1. The Morgan fingerprint density at radius 2 is 1.56 bits per heavy atom. The van der Waals surface area contributed by atoms with E-state index in [4.69, 9.17) is 4.98 Å². The third kappa shape index (κ3) is 5.20. The van der Waals surface area contributed by atoms with Crippen LogP contribution in [0.2, 0.25) is 0 Å². The highest BCUT2D eigenvalue weighted by atomic mass is 19.1. The van der Waals surface area contributed by atoms with E-state index in [0.717, 1.165) is 40.9 Å². The lowest BCUT2D eigenvalue weighted by atomic mass is 10.1. The van der Waals surface area contributed by atoms with Crippen LogP contribution in [0.1, 0.15) is 34.3 Å². The molecule has 3 aromatic carbocycles. The van der Waals surface area contributed by atoms with E-state index in [2.05, 4.69) is 5.32 Å². The molecule has 1 aliphatic carbocycles. The molecule has 0 bridgehead atoms. The molecule has 0 unspecified atom stereocenters. The highest BCUT2D eigenvalue weighted by Crippen LogP contribution is 2.29. The van der Waals surface area contributed by atoms with Gasteiger partial charge < -0.3 is 4.90 Å². The molecule has 0 saturated heterocycles. The van der Waals surface area contributed by atoms with Gasteiger partial charge >= 0.3 is 0 Å². The summed E-state index contributed by atoms with van der Waals surface area (Å²) in [5.74, 6) is -0.652. The van der Waals surface area contributed by atoms with Gasteiger partial charge in [-0.1, -0.05) is 47.5 Å². The zero-order valence-corrected chi connectivity index (χ0v) is 20.2. The Hall–Kier alpha value is -4.26. The second-order valence-electron chi connectivity index (χ2n) is 9.24. The lowest BCUT2D eigenvalue weighted by Gasteiger charge is -2.22. The van der Waals surface area contributed by atoms with Crippen molar-refractivity contribution in [2.45, 2.75) is 32.7 Å². The quantitative estimate of drug-likeness (QED) is 0.376. The van der Waals surface area contributed by atoms with Gasteiger partial charge in [-0.3, -0.25) is 19.5 Å². The molecule has 6 nitrogen and oxygen atoms in total. The van der Waals surface area contributed by atoms with Crippen LogP contribution in [0, 0.1) is 19.7 Å². The number of nitrogens with zero attached hydrogens (tertiary/aromatic N) is 3. The summed E-state index contributed by atoms with van der Waals surface area (Å²) >= 11 is 0. The first-order valence-corrected chi connectivity index (χ1v) is 12.0. The Labute approximate surface area is 209 Å². The van der Waals surface area contributed by atoms with Crippen LogP contribution < -0.4 is 5.32 Å². The summed E-state index contributed by atoms with van der Waals surface area (Å²) in [4.78, 5) is 32.5. The lowest BCUT2D eigenvalue weighted by molar-refractivity contribution is -0.117. The number of rotatable bonds is 7. The first-order valence-electron chi connectivity index (χ1n) is 12.0. The highest BCUT2D eigenvalue weighted by Gasteiger charge is 2.34. The minimum Gasteiger partial charge on any atom is -0.326 e. The molecular formula is C29H27FN4O2. The van der Waals surface area contributed by atoms with Gasteiger partial charge in [0.05, 0.1) is 5.69 Å². The predicted octanol–water partition coefficient (Wildman–Crippen LogP) is 5.54. The molecule has 1 fully saturated rings. The molecule has 7 heteroatoms. The van der Waals surface area contributed by atoms with Gasteiger partial charge in [-0.25, -0.2) is 9.37 Å². The van der Waals surface area contributed by atoms with E-state index >= 15 is 0 Å². The van der Waals surface area contributed by atoms with E-state index in [9.17, 15) is 14.0 Å². The average Bonchev–Trinajstić information content (AvgIpc) is 3.64. The summed E-state index contributed by atoms with van der Waals surface area (Å²) in [5, 5.41) is 2.91. The molecule has 1 aromatic heterocycles. The topological polar surface area (TPSA) is 67.2 Å². The first-order chi connectivity index (χ1) is 17.4. The summed E-state index contributed by atoms with van der Waals surface area (Å²) in [5.41, 5.74) is 5.17. The number of imidazole rings is 1. The summed E-state index contributed by atoms with van der Waals surface area (Å²) in [6, 6.07) is 21.4. The van der Waals surface area contributed by atoms with Crippen LogP contribution in [-0.4, -0.2) is 38.9 Å². The van der Waals surface area contributed by atoms with Crippen molar-refractivity contribution in [2.75, 3.05) is 11.9 Å². The number of aryl methyl sites for hydroxylation is 2. The number of amides is 2. The van der Waals surface area contributed by atoms with E-state index in [1.54, 1.807) is 4.90 Å². The largest absolute Gasteiger partial charge is 0.326 e. The van der Waals surface area contributed by atoms with E-state index < -0.39 is 5.82 Å². The lowest BCUT2D eigenvalue weighted by Crippen LogP contribution is -2.39. The number of anilines is 1. The maximum absolute atomic E-state index is 13.3. The Balaban J connectivity index is 1.41. The third-order valence-corrected chi connectivity index (χ3v) is 6.27. The number of hydrogen-bond donors (Lipinski definition) is 1. The monoisotopic (exact) mass is 482 g/mol. The summed E-state index contributed by atoms with van der Waals surface area (Å²) < 4.78 is 15.2. The van der Waals surface area contributed by atoms with E-state index in [0.29, 0.717) is 11.5 Å². The van der Waals surface area contributed by atoms with Crippen LogP contribution in [0.15, 0.2) is 79.0 Å². The Morgan fingerprint density at radius 3 is 2.17 bits per heavy atom. The Bertz CT molecular complexity index is 1390. The molecule has 36 heavy (non-hydrogen) atoms. The number of halogens is 1. The van der Waals surface area contributed by atoms with Gasteiger partial charge in [0.1, 0.15) is 12.4 Å². The number of aromatic nitrogens is 2. The molecule has 0 spiro atoms. The molecule has 182 valence electrons. The van der Waals surface area contributed by atoms with Crippen LogP contribution in [0.25, 0.3) is 16.9 Å². The molecule has 0 radical (unpaired) electrons. The fourth-order valence-corrected chi connectivity index (χ4v) is 4.06. The minimum absolute atomic E-state index is 0.00765.